The standard InChI is InChI=1S/C19H24N4O3/c24-18(16-17(19(25)26)22-13-21-16)20-11-15-7-4-9-23(12-15)10-8-14-5-2-1-3-6-14/h1-3,5-6,13,15H,4,7-12H2,(H,20,24)(H,21,22)(H,25,26). The van der Waals surface area contributed by atoms with Gasteiger partial charge in [0.1, 0.15) is 0 Å². The fourth-order valence-corrected chi connectivity index (χ4v) is 3.40. The van der Waals surface area contributed by atoms with E-state index in [1.54, 1.807) is 0 Å². The van der Waals surface area contributed by atoms with E-state index >= 15 is 0 Å². The van der Waals surface area contributed by atoms with E-state index in [-0.39, 0.29) is 11.4 Å². The number of carboxylic acids is 1. The van der Waals surface area contributed by atoms with Gasteiger partial charge < -0.3 is 20.3 Å². The Balaban J connectivity index is 1.47. The van der Waals surface area contributed by atoms with Gasteiger partial charge >= 0.3 is 5.97 Å². The summed E-state index contributed by atoms with van der Waals surface area (Å²) in [5.74, 6) is -1.25. The lowest BCUT2D eigenvalue weighted by molar-refractivity contribution is 0.0684. The minimum atomic E-state index is -1.18. The number of amides is 1. The van der Waals surface area contributed by atoms with Crippen LogP contribution < -0.4 is 5.32 Å². The average Bonchev–Trinajstić information content (AvgIpc) is 3.16. The van der Waals surface area contributed by atoms with Gasteiger partial charge in [0.2, 0.25) is 0 Å². The summed E-state index contributed by atoms with van der Waals surface area (Å²) in [6.07, 6.45) is 4.42. The molecule has 3 N–H and O–H groups in total. The molecule has 0 aliphatic carbocycles. The maximum absolute atomic E-state index is 12.2. The average molecular weight is 356 g/mol. The van der Waals surface area contributed by atoms with E-state index in [2.05, 4.69) is 44.5 Å². The van der Waals surface area contributed by atoms with Gasteiger partial charge in [-0.2, -0.15) is 0 Å². The maximum atomic E-state index is 12.2. The quantitative estimate of drug-likeness (QED) is 0.703. The molecular formula is C19H24N4O3. The predicted octanol–water partition coefficient (Wildman–Crippen LogP) is 1.79. The second kappa shape index (κ2) is 8.62. The molecule has 138 valence electrons. The summed E-state index contributed by atoms with van der Waals surface area (Å²) in [5, 5.41) is 11.9. The molecule has 1 atom stereocenters. The molecule has 0 saturated carbocycles. The van der Waals surface area contributed by atoms with Crippen LogP contribution in [0.25, 0.3) is 0 Å². The number of nitrogens with one attached hydrogen (secondary N) is 2. The molecule has 0 bridgehead atoms. The minimum absolute atomic E-state index is 0.0609. The fraction of sp³-hybridized carbons (Fsp3) is 0.421. The Kier molecular flexibility index (Phi) is 6.01. The third-order valence-electron chi connectivity index (χ3n) is 4.78. The first-order valence-corrected chi connectivity index (χ1v) is 8.94. The maximum Gasteiger partial charge on any atom is 0.354 e. The van der Waals surface area contributed by atoms with Crippen LogP contribution in [-0.2, 0) is 6.42 Å². The van der Waals surface area contributed by atoms with Gasteiger partial charge in [0, 0.05) is 19.6 Å². The van der Waals surface area contributed by atoms with Crippen LogP contribution in [0.4, 0.5) is 0 Å². The van der Waals surface area contributed by atoms with Crippen LogP contribution in [0.5, 0.6) is 0 Å². The van der Waals surface area contributed by atoms with Gasteiger partial charge in [0.05, 0.1) is 6.33 Å². The molecule has 7 heteroatoms. The van der Waals surface area contributed by atoms with Crippen LogP contribution in [0.3, 0.4) is 0 Å². The van der Waals surface area contributed by atoms with E-state index in [1.165, 1.54) is 11.9 Å². The van der Waals surface area contributed by atoms with Crippen LogP contribution in [0.2, 0.25) is 0 Å². The van der Waals surface area contributed by atoms with Gasteiger partial charge in [0.15, 0.2) is 11.4 Å². The zero-order chi connectivity index (χ0) is 18.4. The number of likely N-dealkylation sites (tertiary alicyclic amines) is 1. The molecule has 1 aliphatic heterocycles. The summed E-state index contributed by atoms with van der Waals surface area (Å²) in [5.41, 5.74) is 1.10. The summed E-state index contributed by atoms with van der Waals surface area (Å²) in [6.45, 7) is 3.57. The minimum Gasteiger partial charge on any atom is -0.477 e. The van der Waals surface area contributed by atoms with E-state index in [0.29, 0.717) is 12.5 Å². The Morgan fingerprint density at radius 1 is 1.31 bits per heavy atom. The van der Waals surface area contributed by atoms with Crippen LogP contribution in [0, 0.1) is 5.92 Å². The van der Waals surface area contributed by atoms with Gasteiger partial charge in [0.25, 0.3) is 5.91 Å². The van der Waals surface area contributed by atoms with Crippen molar-refractivity contribution in [2.75, 3.05) is 26.2 Å². The summed E-state index contributed by atoms with van der Waals surface area (Å²) < 4.78 is 0. The van der Waals surface area contributed by atoms with Crippen molar-refractivity contribution >= 4 is 11.9 Å². The van der Waals surface area contributed by atoms with Crippen molar-refractivity contribution in [2.24, 2.45) is 5.92 Å². The molecule has 7 nitrogen and oxygen atoms in total. The van der Waals surface area contributed by atoms with Crippen LogP contribution in [0.15, 0.2) is 36.7 Å². The van der Waals surface area contributed by atoms with Crippen molar-refractivity contribution in [2.45, 2.75) is 19.3 Å². The number of carboxylic acid groups (broad SMARTS) is 1. The molecule has 1 aromatic heterocycles. The predicted molar refractivity (Wildman–Crippen MR) is 97.2 cm³/mol. The van der Waals surface area contributed by atoms with Crippen molar-refractivity contribution in [3.63, 3.8) is 0 Å². The van der Waals surface area contributed by atoms with E-state index in [9.17, 15) is 9.59 Å². The number of imidazole rings is 1. The molecule has 1 amide bonds. The Hall–Kier alpha value is -2.67. The smallest absolute Gasteiger partial charge is 0.354 e. The SMILES string of the molecule is O=C(NCC1CCCN(CCc2ccccc2)C1)c1nc[nH]c1C(=O)O. The first-order chi connectivity index (χ1) is 12.6. The van der Waals surface area contributed by atoms with Crippen LogP contribution >= 0.6 is 0 Å². The van der Waals surface area contributed by atoms with Crippen LogP contribution in [0.1, 0.15) is 39.4 Å². The summed E-state index contributed by atoms with van der Waals surface area (Å²) in [4.78, 5) is 32.0. The monoisotopic (exact) mass is 356 g/mol. The number of hydrogen-bond donors (Lipinski definition) is 3. The largest absolute Gasteiger partial charge is 0.477 e. The number of aromatic amines is 1. The molecule has 2 heterocycles. The van der Waals surface area contributed by atoms with Crippen molar-refractivity contribution in [1.82, 2.24) is 20.2 Å². The zero-order valence-electron chi connectivity index (χ0n) is 14.6. The molecule has 1 unspecified atom stereocenters. The molecule has 3 rings (SSSR count). The summed E-state index contributed by atoms with van der Waals surface area (Å²) in [6, 6.07) is 10.4. The first-order valence-electron chi connectivity index (χ1n) is 8.94. The molecular weight excluding hydrogens is 332 g/mol. The third kappa shape index (κ3) is 4.70. The normalized spacial score (nSPS) is 17.8. The number of H-pyrrole nitrogens is 1. The lowest BCUT2D eigenvalue weighted by atomic mass is 9.97. The second-order valence-electron chi connectivity index (χ2n) is 6.69. The van der Waals surface area contributed by atoms with Gasteiger partial charge in [-0.25, -0.2) is 9.78 Å². The molecule has 1 saturated heterocycles. The van der Waals surface area contributed by atoms with Crippen molar-refractivity contribution < 1.29 is 14.7 Å². The number of aromatic carboxylic acids is 1. The summed E-state index contributed by atoms with van der Waals surface area (Å²) >= 11 is 0. The lowest BCUT2D eigenvalue weighted by Crippen LogP contribution is -2.41. The van der Waals surface area contributed by atoms with Crippen molar-refractivity contribution in [1.29, 1.82) is 0 Å². The van der Waals surface area contributed by atoms with E-state index in [4.69, 9.17) is 5.11 Å². The highest BCUT2D eigenvalue weighted by Gasteiger charge is 2.23. The molecule has 0 spiro atoms. The van der Waals surface area contributed by atoms with Crippen LogP contribution in [-0.4, -0.2) is 58.0 Å². The van der Waals surface area contributed by atoms with Crippen molar-refractivity contribution in [3.05, 3.63) is 53.6 Å². The Bertz CT molecular complexity index is 744. The number of nitrogens with zero attached hydrogens (tertiary/aromatic N) is 2. The Morgan fingerprint density at radius 2 is 2.12 bits per heavy atom. The van der Waals surface area contributed by atoms with Gasteiger partial charge in [-0.3, -0.25) is 4.79 Å². The van der Waals surface area contributed by atoms with Crippen molar-refractivity contribution in [3.8, 4) is 0 Å². The van der Waals surface area contributed by atoms with E-state index in [1.807, 2.05) is 6.07 Å². The summed E-state index contributed by atoms with van der Waals surface area (Å²) in [7, 11) is 0. The lowest BCUT2D eigenvalue weighted by Gasteiger charge is -2.32. The number of benzene rings is 1. The van der Waals surface area contributed by atoms with Gasteiger partial charge in [-0.05, 0) is 37.3 Å². The number of carbonyl (C=O) groups excluding carboxylic acids is 1. The molecule has 1 aliphatic rings. The van der Waals surface area contributed by atoms with E-state index < -0.39 is 11.9 Å². The molecule has 0 radical (unpaired) electrons. The molecule has 1 fully saturated rings. The molecule has 1 aromatic carbocycles. The van der Waals surface area contributed by atoms with Gasteiger partial charge in [-0.15, -0.1) is 0 Å². The first kappa shape index (κ1) is 18.1. The second-order valence-corrected chi connectivity index (χ2v) is 6.69. The van der Waals surface area contributed by atoms with Gasteiger partial charge in [-0.1, -0.05) is 30.3 Å². The number of carbonyl (C=O) groups is 2. The number of piperidine rings is 1. The number of aromatic nitrogens is 2. The Labute approximate surface area is 152 Å². The molecule has 26 heavy (non-hydrogen) atoms. The highest BCUT2D eigenvalue weighted by molar-refractivity contribution is 6.02. The number of hydrogen-bond acceptors (Lipinski definition) is 4. The highest BCUT2D eigenvalue weighted by atomic mass is 16.4. The Morgan fingerprint density at radius 3 is 2.88 bits per heavy atom. The third-order valence-corrected chi connectivity index (χ3v) is 4.78. The fourth-order valence-electron chi connectivity index (χ4n) is 3.40. The molecule has 2 aromatic rings. The van der Waals surface area contributed by atoms with E-state index in [0.717, 1.165) is 38.9 Å². The zero-order valence-corrected chi connectivity index (χ0v) is 14.6. The number of rotatable bonds is 7. The topological polar surface area (TPSA) is 98.3 Å². The highest BCUT2D eigenvalue weighted by Crippen LogP contribution is 2.16.